The van der Waals surface area contributed by atoms with E-state index in [-0.39, 0.29) is 198 Å². The van der Waals surface area contributed by atoms with Gasteiger partial charge < -0.3 is 65.8 Å². The number of hydrogen-bond acceptors (Lipinski definition) is 18. The monoisotopic (exact) mass is 1560 g/mol. The lowest BCUT2D eigenvalue weighted by molar-refractivity contribution is -0.143. The number of nitrogens with zero attached hydrogens (tertiary/aromatic N) is 5. The first-order chi connectivity index (χ1) is 45.3. The molecular weight excluding hydrogens is 1480 g/mol. The van der Waals surface area contributed by atoms with Gasteiger partial charge in [-0.25, -0.2) is 0 Å². The zero-order valence-electron chi connectivity index (χ0n) is 53.5. The van der Waals surface area contributed by atoms with Crippen molar-refractivity contribution in [3.63, 3.8) is 0 Å². The molecule has 30 heteroatoms. The summed E-state index contributed by atoms with van der Waals surface area (Å²) >= 11 is 14.1. The zero-order chi connectivity index (χ0) is 67.8. The van der Waals surface area contributed by atoms with Crippen LogP contribution in [0.5, 0.6) is 23.0 Å². The first-order valence-corrected chi connectivity index (χ1v) is 34.3. The number of fused-ring (bicyclic) bond motifs is 16. The van der Waals surface area contributed by atoms with Gasteiger partial charge in [0.25, 0.3) is 47.3 Å². The highest BCUT2D eigenvalue weighted by atomic mass is 79.9. The third-order valence-corrected chi connectivity index (χ3v) is 17.9. The van der Waals surface area contributed by atoms with E-state index in [0.29, 0.717) is 63.3 Å². The van der Waals surface area contributed by atoms with Gasteiger partial charge in [-0.2, -0.15) is 0 Å². The van der Waals surface area contributed by atoms with E-state index in [0.717, 1.165) is 0 Å². The van der Waals surface area contributed by atoms with Gasteiger partial charge in [-0.3, -0.25) is 62.8 Å². The molecule has 12 bridgehead atoms. The van der Waals surface area contributed by atoms with Crippen molar-refractivity contribution in [1.29, 1.82) is 0 Å². The minimum Gasteiger partial charge on any atom is -0.495 e. The molecular formula is C64H82Br4N12O14. The Kier molecular flexibility index (Phi) is 29.6. The summed E-state index contributed by atoms with van der Waals surface area (Å²) in [4.78, 5) is 138. The van der Waals surface area contributed by atoms with E-state index < -0.39 is 47.3 Å². The first kappa shape index (κ1) is 74.5. The molecule has 0 spiro atoms. The maximum Gasteiger partial charge on any atom is 0.305 e. The Hall–Kier alpha value is -6.93. The maximum atomic E-state index is 15.3. The van der Waals surface area contributed by atoms with Crippen molar-refractivity contribution in [2.24, 2.45) is 0 Å². The van der Waals surface area contributed by atoms with E-state index in [1.54, 1.807) is 60.4 Å². The van der Waals surface area contributed by atoms with Crippen LogP contribution in [0, 0.1) is 0 Å². The lowest BCUT2D eigenvalue weighted by Gasteiger charge is -2.31. The van der Waals surface area contributed by atoms with Crippen LogP contribution in [0.25, 0.3) is 0 Å². The number of methoxy groups -OCH3 is 4. The Bertz CT molecular complexity index is 3300. The second-order valence-corrected chi connectivity index (χ2v) is 25.9. The van der Waals surface area contributed by atoms with Crippen LogP contribution in [-0.4, -0.2) is 250 Å². The number of carbonyl (C=O) groups is 9. The Morgan fingerprint density at radius 3 is 0.872 bits per heavy atom. The quantitative estimate of drug-likeness (QED) is 0.0784. The van der Waals surface area contributed by atoms with Crippen molar-refractivity contribution in [2.75, 3.05) is 172 Å². The Balaban J connectivity index is 1.38. The molecule has 0 fully saturated rings. The van der Waals surface area contributed by atoms with Gasteiger partial charge in [-0.15, -0.1) is 0 Å². The molecule has 0 radical (unpaired) electrons. The number of rotatable bonds is 11. The third kappa shape index (κ3) is 21.0. The van der Waals surface area contributed by atoms with E-state index in [2.05, 4.69) is 106 Å². The SMILES string of the molecule is CCOC(=O)CCCCCN1CCN2CCNC(=O)c3cc(Br)cc(c3OC)C(=O)NCCN(CCNC(=O)c3cc(Br)cc(c3OC)C1=O)CCN1CCNC(=O)c3cc(Br)cc(c3OC)C(=O)NCCN(CCNC(=O)c3cc(Br)cc(c3OC)C(=O)NCC1)CC2. The van der Waals surface area contributed by atoms with Crippen molar-refractivity contribution in [3.05, 3.63) is 111 Å². The van der Waals surface area contributed by atoms with E-state index >= 15 is 4.79 Å². The number of ether oxygens (including phenoxy) is 5. The van der Waals surface area contributed by atoms with Crippen LogP contribution < -0.4 is 56.2 Å². The van der Waals surface area contributed by atoms with Crippen LogP contribution in [-0.2, 0) is 9.53 Å². The summed E-state index contributed by atoms with van der Waals surface area (Å²) in [5, 5.41) is 21.0. The van der Waals surface area contributed by atoms with Crippen molar-refractivity contribution in [1.82, 2.24) is 61.7 Å². The molecule has 510 valence electrons. The largest absolute Gasteiger partial charge is 0.495 e. The standard InChI is InChI=1S/C64H82Br4N12O14/c1-6-94-52(81)10-8-7-9-18-80-31-30-79-25-17-75-62(87)49-37-42(67)36-48(55(49)92-4)59(84)71-13-21-77(22-16-74-63(88)50-38-43(68)39-51(64(80)89)56(50)93-5)27-26-76-19-11-69-57(82)44-32-40(65)34-46(53(44)90-2)60(85)72-14-23-78(28-29-79)24-15-73-61(86)47-35-41(66)33-45(54(47)91-3)58(83)70-12-20-76/h32-39H,6-31H2,1-5H3,(H,69,82)(H,70,83)(H,71,84)(H,72,85)(H,73,86)(H,74,88)(H,75,87). The van der Waals surface area contributed by atoms with E-state index in [9.17, 15) is 38.4 Å². The van der Waals surface area contributed by atoms with Gasteiger partial charge >= 0.3 is 5.97 Å². The van der Waals surface area contributed by atoms with Crippen molar-refractivity contribution >= 4 is 117 Å². The molecule has 2 unspecified atom stereocenters. The predicted octanol–water partition coefficient (Wildman–Crippen LogP) is 4.79. The topological polar surface area (TPSA) is 300 Å². The molecule has 0 saturated heterocycles. The smallest absolute Gasteiger partial charge is 0.305 e. The van der Waals surface area contributed by atoms with Gasteiger partial charge in [-0.1, -0.05) is 70.1 Å². The third-order valence-electron chi connectivity index (χ3n) is 16.0. The van der Waals surface area contributed by atoms with Crippen LogP contribution in [0.3, 0.4) is 0 Å². The van der Waals surface area contributed by atoms with E-state index in [1.165, 1.54) is 28.4 Å². The highest BCUT2D eigenvalue weighted by molar-refractivity contribution is 9.11. The van der Waals surface area contributed by atoms with Crippen molar-refractivity contribution < 1.29 is 66.8 Å². The summed E-state index contributed by atoms with van der Waals surface area (Å²) in [5.41, 5.74) is 0.809. The van der Waals surface area contributed by atoms with Crippen LogP contribution >= 0.6 is 63.7 Å². The highest BCUT2D eigenvalue weighted by Gasteiger charge is 2.30. The lowest BCUT2D eigenvalue weighted by Crippen LogP contribution is -2.46. The van der Waals surface area contributed by atoms with Gasteiger partial charge in [0.1, 0.15) is 23.0 Å². The lowest BCUT2D eigenvalue weighted by atomic mass is 10.1. The fourth-order valence-corrected chi connectivity index (χ4v) is 13.0. The first-order valence-electron chi connectivity index (χ1n) is 31.1. The molecule has 0 saturated carbocycles. The summed E-state index contributed by atoms with van der Waals surface area (Å²) in [7, 11) is 5.53. The van der Waals surface area contributed by atoms with Gasteiger partial charge in [0.05, 0.1) is 79.6 Å². The molecule has 4 aromatic carbocycles. The van der Waals surface area contributed by atoms with Crippen LogP contribution in [0.2, 0.25) is 0 Å². The molecule has 2 atom stereocenters. The Morgan fingerprint density at radius 2 is 0.606 bits per heavy atom. The number of carbonyl (C=O) groups excluding carboxylic acids is 9. The number of amides is 8. The molecule has 4 aliphatic rings. The summed E-state index contributed by atoms with van der Waals surface area (Å²) in [6, 6.07) is 12.6. The maximum absolute atomic E-state index is 15.3. The average Bonchev–Trinajstić information content (AvgIpc) is 0.834. The van der Waals surface area contributed by atoms with Gasteiger partial charge in [0.2, 0.25) is 0 Å². The van der Waals surface area contributed by atoms with Crippen LogP contribution in [0.15, 0.2) is 66.4 Å². The van der Waals surface area contributed by atoms with Gasteiger partial charge in [0.15, 0.2) is 0 Å². The summed E-state index contributed by atoms with van der Waals surface area (Å²) in [6.07, 6.45) is 1.80. The van der Waals surface area contributed by atoms with Crippen molar-refractivity contribution in [3.8, 4) is 23.0 Å². The summed E-state index contributed by atoms with van der Waals surface area (Å²) in [5.74, 6) is -4.17. The minimum atomic E-state index is -0.522. The Labute approximate surface area is 580 Å². The molecule has 4 heterocycles. The number of nitrogens with one attached hydrogen (secondary N) is 7. The van der Waals surface area contributed by atoms with Crippen molar-refractivity contribution in [2.45, 2.75) is 32.6 Å². The molecule has 26 nitrogen and oxygen atoms in total. The normalized spacial score (nSPS) is 19.9. The number of hydrogen-bond donors (Lipinski definition) is 7. The molecule has 8 rings (SSSR count). The predicted molar refractivity (Wildman–Crippen MR) is 366 cm³/mol. The molecule has 4 aromatic rings. The molecule has 0 aliphatic carbocycles. The fraction of sp³-hybridized carbons (Fsp3) is 0.484. The number of unbranched alkanes of at least 4 members (excludes halogenated alkanes) is 2. The molecule has 4 aliphatic heterocycles. The van der Waals surface area contributed by atoms with Crippen LogP contribution in [0.4, 0.5) is 0 Å². The Morgan fingerprint density at radius 1 is 0.362 bits per heavy atom. The molecule has 7 N–H and O–H groups in total. The van der Waals surface area contributed by atoms with E-state index in [1.807, 2.05) is 14.7 Å². The second kappa shape index (κ2) is 37.4. The number of benzene rings is 4. The zero-order valence-corrected chi connectivity index (χ0v) is 59.8. The summed E-state index contributed by atoms with van der Waals surface area (Å²) < 4.78 is 30.3. The van der Waals surface area contributed by atoms with Gasteiger partial charge in [0, 0.05) is 162 Å². The van der Waals surface area contributed by atoms with E-state index in [4.69, 9.17) is 23.7 Å². The fourth-order valence-electron chi connectivity index (χ4n) is 11.2. The molecule has 94 heavy (non-hydrogen) atoms. The number of esters is 1. The van der Waals surface area contributed by atoms with Crippen LogP contribution in [0.1, 0.15) is 115 Å². The molecule has 8 amide bonds. The second-order valence-electron chi connectivity index (χ2n) is 22.2. The average molecular weight is 1560 g/mol. The highest BCUT2D eigenvalue weighted by Crippen LogP contribution is 2.33. The number of halogens is 4. The summed E-state index contributed by atoms with van der Waals surface area (Å²) in [6.45, 7) is 5.94. The van der Waals surface area contributed by atoms with Gasteiger partial charge in [-0.05, 0) is 68.3 Å². The minimum absolute atomic E-state index is 0.0476. The molecule has 0 aromatic heterocycles.